The van der Waals surface area contributed by atoms with Gasteiger partial charge in [-0.3, -0.25) is 4.79 Å². The number of benzene rings is 2. The second-order valence-electron chi connectivity index (χ2n) is 4.70. The Labute approximate surface area is 143 Å². The highest BCUT2D eigenvalue weighted by Crippen LogP contribution is 2.25. The zero-order valence-electron chi connectivity index (χ0n) is 11.7. The molecule has 1 N–H and O–H groups in total. The van der Waals surface area contributed by atoms with Crippen molar-refractivity contribution in [2.45, 2.75) is 11.3 Å². The van der Waals surface area contributed by atoms with Crippen molar-refractivity contribution in [2.24, 2.45) is 0 Å². The normalized spacial score (nSPS) is 11.3. The van der Waals surface area contributed by atoms with E-state index in [-0.39, 0.29) is 27.0 Å². The van der Waals surface area contributed by atoms with Crippen LogP contribution in [0.5, 0.6) is 0 Å². The Hall–Kier alpha value is -1.63. The molecule has 0 bridgehead atoms. The second-order valence-corrected chi connectivity index (χ2v) is 7.63. The van der Waals surface area contributed by atoms with Gasteiger partial charge in [0, 0.05) is 12.1 Å². The molecule has 4 nitrogen and oxygen atoms in total. The number of anilines is 1. The van der Waals surface area contributed by atoms with Gasteiger partial charge >= 0.3 is 0 Å². The van der Waals surface area contributed by atoms with Crippen molar-refractivity contribution < 1.29 is 17.6 Å². The van der Waals surface area contributed by atoms with Crippen LogP contribution in [0.25, 0.3) is 0 Å². The van der Waals surface area contributed by atoms with Crippen LogP contribution < -0.4 is 5.32 Å². The summed E-state index contributed by atoms with van der Waals surface area (Å²) in [5.74, 6) is -1.42. The van der Waals surface area contributed by atoms with E-state index in [2.05, 4.69) is 5.32 Å². The van der Waals surface area contributed by atoms with Crippen molar-refractivity contribution in [3.63, 3.8) is 0 Å². The van der Waals surface area contributed by atoms with Gasteiger partial charge in [-0.2, -0.15) is 0 Å². The Morgan fingerprint density at radius 1 is 1.09 bits per heavy atom. The summed E-state index contributed by atoms with van der Waals surface area (Å²) in [5.41, 5.74) is 0.266. The lowest BCUT2D eigenvalue weighted by Crippen LogP contribution is -2.17. The molecule has 0 aliphatic rings. The third-order valence-corrected chi connectivity index (χ3v) is 5.41. The van der Waals surface area contributed by atoms with E-state index >= 15 is 0 Å². The smallest absolute Gasteiger partial charge is 0.225 e. The van der Waals surface area contributed by atoms with Crippen LogP contribution in [0.4, 0.5) is 10.1 Å². The van der Waals surface area contributed by atoms with Gasteiger partial charge in [0.05, 0.1) is 20.7 Å². The fourth-order valence-electron chi connectivity index (χ4n) is 1.80. The maximum atomic E-state index is 13.0. The first-order valence-electron chi connectivity index (χ1n) is 6.51. The number of rotatable bonds is 5. The van der Waals surface area contributed by atoms with E-state index in [1.54, 1.807) is 0 Å². The van der Waals surface area contributed by atoms with E-state index in [0.29, 0.717) is 0 Å². The summed E-state index contributed by atoms with van der Waals surface area (Å²) in [6, 6.07) is 9.28. The monoisotopic (exact) mass is 375 g/mol. The standard InChI is InChI=1S/C15H12Cl2FNO3S/c16-13-5-4-12(9-14(13)17)23(21,22)7-6-15(20)19-11-3-1-2-10(18)8-11/h1-5,8-9H,6-7H2,(H,19,20). The minimum Gasteiger partial charge on any atom is -0.326 e. The Balaban J connectivity index is 2.01. The van der Waals surface area contributed by atoms with Crippen LogP contribution in [-0.4, -0.2) is 20.1 Å². The van der Waals surface area contributed by atoms with E-state index in [1.807, 2.05) is 0 Å². The quantitative estimate of drug-likeness (QED) is 0.860. The van der Waals surface area contributed by atoms with E-state index < -0.39 is 27.3 Å². The van der Waals surface area contributed by atoms with E-state index in [9.17, 15) is 17.6 Å². The van der Waals surface area contributed by atoms with Gasteiger partial charge in [0.2, 0.25) is 5.91 Å². The molecule has 0 unspecified atom stereocenters. The fraction of sp³-hybridized carbons (Fsp3) is 0.133. The molecule has 0 aromatic heterocycles. The lowest BCUT2D eigenvalue weighted by atomic mass is 10.3. The summed E-state index contributed by atoms with van der Waals surface area (Å²) in [7, 11) is -3.67. The first-order chi connectivity index (χ1) is 10.8. The lowest BCUT2D eigenvalue weighted by molar-refractivity contribution is -0.115. The van der Waals surface area contributed by atoms with Crippen molar-refractivity contribution >= 4 is 44.6 Å². The molecule has 0 fully saturated rings. The van der Waals surface area contributed by atoms with Crippen molar-refractivity contribution in [1.29, 1.82) is 0 Å². The Morgan fingerprint density at radius 2 is 1.83 bits per heavy atom. The molecule has 0 radical (unpaired) electrons. The second kappa shape index (κ2) is 7.29. The maximum Gasteiger partial charge on any atom is 0.225 e. The third-order valence-electron chi connectivity index (χ3n) is 2.96. The lowest BCUT2D eigenvalue weighted by Gasteiger charge is -2.07. The van der Waals surface area contributed by atoms with Crippen molar-refractivity contribution in [3.05, 3.63) is 58.3 Å². The summed E-state index contributed by atoms with van der Waals surface area (Å²) >= 11 is 11.5. The van der Waals surface area contributed by atoms with Gasteiger partial charge in [-0.1, -0.05) is 29.3 Å². The molecule has 0 aliphatic heterocycles. The third kappa shape index (κ3) is 4.92. The Morgan fingerprint density at radius 3 is 2.48 bits per heavy atom. The summed E-state index contributed by atoms with van der Waals surface area (Å²) in [6.45, 7) is 0. The summed E-state index contributed by atoms with van der Waals surface area (Å²) < 4.78 is 37.3. The molecule has 0 heterocycles. The molecule has 122 valence electrons. The van der Waals surface area contributed by atoms with Crippen LogP contribution in [0.2, 0.25) is 10.0 Å². The summed E-state index contributed by atoms with van der Waals surface area (Å²) in [5, 5.41) is 2.80. The maximum absolute atomic E-state index is 13.0. The topological polar surface area (TPSA) is 63.2 Å². The highest BCUT2D eigenvalue weighted by atomic mass is 35.5. The molecule has 1 amide bonds. The number of hydrogen-bond donors (Lipinski definition) is 1. The van der Waals surface area contributed by atoms with Gasteiger partial charge in [-0.25, -0.2) is 12.8 Å². The number of halogens is 3. The first-order valence-corrected chi connectivity index (χ1v) is 8.92. The molecule has 0 spiro atoms. The van der Waals surface area contributed by atoms with Crippen LogP contribution in [0.15, 0.2) is 47.4 Å². The summed E-state index contributed by atoms with van der Waals surface area (Å²) in [4.78, 5) is 11.8. The van der Waals surface area contributed by atoms with Gasteiger partial charge in [-0.15, -0.1) is 0 Å². The highest BCUT2D eigenvalue weighted by molar-refractivity contribution is 7.91. The van der Waals surface area contributed by atoms with Crippen LogP contribution in [0, 0.1) is 5.82 Å². The van der Waals surface area contributed by atoms with Gasteiger partial charge < -0.3 is 5.32 Å². The number of nitrogens with one attached hydrogen (secondary N) is 1. The Bertz CT molecular complexity index is 840. The molecule has 2 aromatic rings. The molecule has 0 saturated heterocycles. The molecule has 0 saturated carbocycles. The SMILES string of the molecule is O=C(CCS(=O)(=O)c1ccc(Cl)c(Cl)c1)Nc1cccc(F)c1. The predicted octanol–water partition coefficient (Wildman–Crippen LogP) is 3.94. The van der Waals surface area contributed by atoms with E-state index in [1.165, 1.54) is 36.4 Å². The summed E-state index contributed by atoms with van der Waals surface area (Å²) in [6.07, 6.45) is -0.265. The van der Waals surface area contributed by atoms with E-state index in [0.717, 1.165) is 6.07 Å². The zero-order valence-corrected chi connectivity index (χ0v) is 14.1. The molecule has 2 aromatic carbocycles. The molecule has 23 heavy (non-hydrogen) atoms. The van der Waals surface area contributed by atoms with E-state index in [4.69, 9.17) is 23.2 Å². The molecule has 0 atom stereocenters. The first kappa shape index (κ1) is 17.7. The van der Waals surface area contributed by atoms with Crippen LogP contribution >= 0.6 is 23.2 Å². The average molecular weight is 376 g/mol. The Kier molecular flexibility index (Phi) is 5.62. The highest BCUT2D eigenvalue weighted by Gasteiger charge is 2.17. The van der Waals surface area contributed by atoms with Gasteiger partial charge in [0.15, 0.2) is 9.84 Å². The number of sulfone groups is 1. The number of carbonyl (C=O) groups excluding carboxylic acids is 1. The minimum atomic E-state index is -3.67. The zero-order chi connectivity index (χ0) is 17.0. The number of amides is 1. The predicted molar refractivity (Wildman–Crippen MR) is 88.2 cm³/mol. The van der Waals surface area contributed by atoms with Gasteiger partial charge in [-0.05, 0) is 36.4 Å². The van der Waals surface area contributed by atoms with Crippen molar-refractivity contribution in [1.82, 2.24) is 0 Å². The molecule has 2 rings (SSSR count). The van der Waals surface area contributed by atoms with Crippen molar-refractivity contribution in [2.75, 3.05) is 11.1 Å². The average Bonchev–Trinajstić information content (AvgIpc) is 2.48. The fourth-order valence-corrected chi connectivity index (χ4v) is 3.43. The van der Waals surface area contributed by atoms with Crippen LogP contribution in [0.3, 0.4) is 0 Å². The van der Waals surface area contributed by atoms with Crippen molar-refractivity contribution in [3.8, 4) is 0 Å². The van der Waals surface area contributed by atoms with Crippen LogP contribution in [0.1, 0.15) is 6.42 Å². The number of carbonyl (C=O) groups is 1. The van der Waals surface area contributed by atoms with Gasteiger partial charge in [0.1, 0.15) is 5.82 Å². The molecular weight excluding hydrogens is 364 g/mol. The van der Waals surface area contributed by atoms with Gasteiger partial charge in [0.25, 0.3) is 0 Å². The van der Waals surface area contributed by atoms with Crippen LogP contribution in [-0.2, 0) is 14.6 Å². The number of hydrogen-bond acceptors (Lipinski definition) is 3. The largest absolute Gasteiger partial charge is 0.326 e. The molecular formula is C15H12Cl2FNO3S. The minimum absolute atomic E-state index is 0.00884. The molecule has 0 aliphatic carbocycles. The molecule has 8 heteroatoms.